The zero-order valence-electron chi connectivity index (χ0n) is 24.2. The lowest BCUT2D eigenvalue weighted by Gasteiger charge is -2.40. The zero-order chi connectivity index (χ0) is 27.3. The van der Waals surface area contributed by atoms with Gasteiger partial charge in [0.25, 0.3) is 0 Å². The molecule has 0 heterocycles. The topological polar surface area (TPSA) is 0 Å². The quantitative estimate of drug-likeness (QED) is 0.349. The standard InChI is InChI=1S/C38H40Si/c1-25-15-7-9-17-29(25)31-19-11-13-21-33-35(31)23-27(3)37(33)39(5,6)38-28(4)24-36-32(20-12-14-22-34(36)38)30-18-10-8-16-26(30)2/h7-24,31-32,37-38H,1-6H3. The molecule has 2 aromatic carbocycles. The molecule has 0 radical (unpaired) electrons. The molecule has 6 rings (SSSR count). The highest BCUT2D eigenvalue weighted by Crippen LogP contribution is 2.58. The van der Waals surface area contributed by atoms with E-state index in [0.717, 1.165) is 0 Å². The third-order valence-corrected chi connectivity index (χ3v) is 14.1. The maximum atomic E-state index is 2.65. The Kier molecular flexibility index (Phi) is 6.59. The second-order valence-corrected chi connectivity index (χ2v) is 17.2. The summed E-state index contributed by atoms with van der Waals surface area (Å²) >= 11 is 0. The molecule has 2 aromatic rings. The molecule has 0 spiro atoms. The van der Waals surface area contributed by atoms with Crippen LogP contribution in [0.2, 0.25) is 24.2 Å². The van der Waals surface area contributed by atoms with E-state index in [4.69, 9.17) is 0 Å². The first-order chi connectivity index (χ1) is 18.8. The first-order valence-corrected chi connectivity index (χ1v) is 17.6. The third kappa shape index (κ3) is 4.28. The average Bonchev–Trinajstić information content (AvgIpc) is 3.24. The Bertz CT molecular complexity index is 1460. The van der Waals surface area contributed by atoms with Crippen molar-refractivity contribution in [1.82, 2.24) is 0 Å². The summed E-state index contributed by atoms with van der Waals surface area (Å²) < 4.78 is 0. The molecule has 39 heavy (non-hydrogen) atoms. The first-order valence-electron chi connectivity index (χ1n) is 14.4. The van der Waals surface area contributed by atoms with Crippen LogP contribution in [-0.4, -0.2) is 8.07 Å². The van der Waals surface area contributed by atoms with E-state index >= 15 is 0 Å². The molecular formula is C38H40Si. The lowest BCUT2D eigenvalue weighted by molar-refractivity contribution is 0.973. The maximum absolute atomic E-state index is 2.65. The van der Waals surface area contributed by atoms with Gasteiger partial charge in [0, 0.05) is 22.9 Å². The van der Waals surface area contributed by atoms with Crippen molar-refractivity contribution in [2.75, 3.05) is 0 Å². The number of hydrogen-bond donors (Lipinski definition) is 0. The Morgan fingerprint density at radius 1 is 0.513 bits per heavy atom. The van der Waals surface area contributed by atoms with E-state index in [9.17, 15) is 0 Å². The van der Waals surface area contributed by atoms with E-state index < -0.39 is 8.07 Å². The molecule has 0 nitrogen and oxygen atoms in total. The molecule has 4 atom stereocenters. The van der Waals surface area contributed by atoms with Gasteiger partial charge in [0.05, 0.1) is 8.07 Å². The van der Waals surface area contributed by atoms with Crippen molar-refractivity contribution < 1.29 is 0 Å². The Balaban J connectivity index is 1.44. The van der Waals surface area contributed by atoms with Gasteiger partial charge in [-0.15, -0.1) is 0 Å². The van der Waals surface area contributed by atoms with Crippen LogP contribution in [0.4, 0.5) is 0 Å². The van der Waals surface area contributed by atoms with Crippen LogP contribution in [0.25, 0.3) is 0 Å². The minimum Gasteiger partial charge on any atom is -0.0726 e. The Morgan fingerprint density at radius 2 is 0.923 bits per heavy atom. The smallest absolute Gasteiger partial charge is 0.0721 e. The zero-order valence-corrected chi connectivity index (χ0v) is 25.2. The van der Waals surface area contributed by atoms with Gasteiger partial charge in [-0.05, 0) is 72.2 Å². The summed E-state index contributed by atoms with van der Waals surface area (Å²) in [6, 6.07) is 17.8. The number of allylic oxidation sites excluding steroid dienone is 16. The second-order valence-electron chi connectivity index (χ2n) is 12.4. The molecule has 4 aliphatic carbocycles. The van der Waals surface area contributed by atoms with Gasteiger partial charge in [0.15, 0.2) is 0 Å². The fourth-order valence-corrected chi connectivity index (χ4v) is 13.0. The summed E-state index contributed by atoms with van der Waals surface area (Å²) in [5.74, 6) is 0.617. The van der Waals surface area contributed by atoms with Crippen molar-refractivity contribution in [3.63, 3.8) is 0 Å². The van der Waals surface area contributed by atoms with Gasteiger partial charge in [0.2, 0.25) is 0 Å². The summed E-state index contributed by atoms with van der Waals surface area (Å²) in [5.41, 5.74) is 15.8. The van der Waals surface area contributed by atoms with Crippen molar-refractivity contribution in [3.05, 3.63) is 165 Å². The molecule has 0 amide bonds. The molecule has 0 saturated heterocycles. The minimum absolute atomic E-state index is 0.309. The van der Waals surface area contributed by atoms with E-state index in [2.05, 4.69) is 150 Å². The van der Waals surface area contributed by atoms with Gasteiger partial charge in [-0.3, -0.25) is 0 Å². The van der Waals surface area contributed by atoms with Crippen LogP contribution in [0, 0.1) is 13.8 Å². The Hall–Kier alpha value is -3.42. The molecule has 0 N–H and O–H groups in total. The Morgan fingerprint density at radius 3 is 1.33 bits per heavy atom. The van der Waals surface area contributed by atoms with E-state index in [1.165, 1.54) is 33.4 Å². The lowest BCUT2D eigenvalue weighted by atomic mass is 9.87. The molecule has 0 aliphatic heterocycles. The fraction of sp³-hybridized carbons (Fsp3) is 0.263. The van der Waals surface area contributed by atoms with Gasteiger partial charge >= 0.3 is 0 Å². The molecule has 196 valence electrons. The second kappa shape index (κ2) is 9.95. The van der Waals surface area contributed by atoms with E-state index in [0.29, 0.717) is 22.9 Å². The summed E-state index contributed by atoms with van der Waals surface area (Å²) in [4.78, 5) is 0. The van der Waals surface area contributed by atoms with E-state index in [-0.39, 0.29) is 0 Å². The first kappa shape index (κ1) is 25.8. The van der Waals surface area contributed by atoms with Crippen LogP contribution in [0.1, 0.15) is 47.9 Å². The number of rotatable bonds is 4. The highest BCUT2D eigenvalue weighted by molar-refractivity contribution is 6.83. The normalized spacial score (nSPS) is 25.9. The molecule has 0 fully saturated rings. The van der Waals surface area contributed by atoms with Crippen molar-refractivity contribution in [1.29, 1.82) is 0 Å². The SMILES string of the molecule is CC1=CC2=C(C=CC=CC2c2ccccc2C)C1[Si](C)(C)C1C(C)=CC2=C1C=CC=CC2c1ccccc1C. The van der Waals surface area contributed by atoms with E-state index in [1.807, 2.05) is 0 Å². The van der Waals surface area contributed by atoms with Crippen molar-refractivity contribution in [2.45, 2.75) is 63.7 Å². The lowest BCUT2D eigenvalue weighted by Crippen LogP contribution is -2.39. The highest BCUT2D eigenvalue weighted by atomic mass is 28.3. The van der Waals surface area contributed by atoms with Gasteiger partial charge in [-0.2, -0.15) is 0 Å². The summed E-state index contributed by atoms with van der Waals surface area (Å²) in [7, 11) is -1.92. The van der Waals surface area contributed by atoms with Crippen LogP contribution in [0.5, 0.6) is 0 Å². The number of benzene rings is 2. The number of hydrogen-bond acceptors (Lipinski definition) is 0. The van der Waals surface area contributed by atoms with Crippen molar-refractivity contribution in [2.24, 2.45) is 0 Å². The van der Waals surface area contributed by atoms with Gasteiger partial charge < -0.3 is 0 Å². The fourth-order valence-electron chi connectivity index (χ4n) is 8.00. The molecule has 0 saturated carbocycles. The molecule has 0 bridgehead atoms. The molecule has 4 aliphatic rings. The van der Waals surface area contributed by atoms with Crippen molar-refractivity contribution in [3.8, 4) is 0 Å². The van der Waals surface area contributed by atoms with Crippen LogP contribution >= 0.6 is 0 Å². The number of aryl methyl sites for hydroxylation is 2. The van der Waals surface area contributed by atoms with Crippen molar-refractivity contribution >= 4 is 8.07 Å². The molecule has 1 heteroatoms. The van der Waals surface area contributed by atoms with Gasteiger partial charge in [0.1, 0.15) is 0 Å². The van der Waals surface area contributed by atoms with Gasteiger partial charge in [-0.1, -0.05) is 134 Å². The molecule has 0 aromatic heterocycles. The predicted molar refractivity (Wildman–Crippen MR) is 171 cm³/mol. The highest BCUT2D eigenvalue weighted by Gasteiger charge is 2.48. The van der Waals surface area contributed by atoms with Crippen LogP contribution in [-0.2, 0) is 0 Å². The largest absolute Gasteiger partial charge is 0.0726 e. The summed E-state index contributed by atoms with van der Waals surface area (Å²) in [5, 5.41) is 0. The van der Waals surface area contributed by atoms with Crippen LogP contribution < -0.4 is 0 Å². The monoisotopic (exact) mass is 524 g/mol. The van der Waals surface area contributed by atoms with Crippen LogP contribution in [0.15, 0.2) is 143 Å². The third-order valence-electron chi connectivity index (χ3n) is 9.55. The van der Waals surface area contributed by atoms with Crippen LogP contribution in [0.3, 0.4) is 0 Å². The molecular weight excluding hydrogens is 485 g/mol. The van der Waals surface area contributed by atoms with E-state index in [1.54, 1.807) is 22.3 Å². The summed E-state index contributed by atoms with van der Waals surface area (Å²) in [6.45, 7) is 14.6. The predicted octanol–water partition coefficient (Wildman–Crippen LogP) is 10.4. The summed E-state index contributed by atoms with van der Waals surface area (Å²) in [6.07, 6.45) is 23.8. The molecule has 4 unspecified atom stereocenters. The minimum atomic E-state index is -1.92. The van der Waals surface area contributed by atoms with Gasteiger partial charge in [-0.25, -0.2) is 0 Å². The maximum Gasteiger partial charge on any atom is 0.0721 e. The average molecular weight is 525 g/mol. The Labute approximate surface area is 236 Å².